The Balaban J connectivity index is 2.31. The third-order valence-corrected chi connectivity index (χ3v) is 6.54. The predicted octanol–water partition coefficient (Wildman–Crippen LogP) is 6.19. The highest BCUT2D eigenvalue weighted by atomic mass is 32.2. The maximum absolute atomic E-state index is 12.3. The van der Waals surface area contributed by atoms with Crippen LogP contribution in [-0.2, 0) is 10.0 Å². The smallest absolute Gasteiger partial charge is 0.220 e. The molecular formula is C18H31N3O2S. The van der Waals surface area contributed by atoms with Gasteiger partial charge in [-0.2, -0.15) is 0 Å². The van der Waals surface area contributed by atoms with Crippen LogP contribution in [0.25, 0.3) is 10.4 Å². The molecule has 0 unspecified atom stereocenters. The lowest BCUT2D eigenvalue weighted by Crippen LogP contribution is -2.35. The first-order valence-electron chi connectivity index (χ1n) is 9.23. The number of nitrogens with zero attached hydrogens (tertiary/aromatic N) is 3. The van der Waals surface area contributed by atoms with Crippen LogP contribution in [0, 0.1) is 0 Å². The minimum absolute atomic E-state index is 0.391. The van der Waals surface area contributed by atoms with E-state index in [4.69, 9.17) is 5.53 Å². The van der Waals surface area contributed by atoms with Crippen molar-refractivity contribution in [2.45, 2.75) is 88.7 Å². The van der Waals surface area contributed by atoms with E-state index in [0.29, 0.717) is 12.8 Å². The summed E-state index contributed by atoms with van der Waals surface area (Å²) < 4.78 is 26.6. The van der Waals surface area contributed by atoms with E-state index in [2.05, 4.69) is 16.4 Å². The molecule has 0 N–H and O–H groups in total. The number of rotatable bonds is 13. The third-order valence-electron chi connectivity index (χ3n) is 4.72. The van der Waals surface area contributed by atoms with Crippen LogP contribution in [0.4, 0.5) is 0 Å². The van der Waals surface area contributed by atoms with Gasteiger partial charge < -0.3 is 0 Å². The summed E-state index contributed by atoms with van der Waals surface area (Å²) >= 11 is 0. The zero-order valence-corrected chi connectivity index (χ0v) is 15.7. The normalized spacial score (nSPS) is 20.0. The number of unbranched alkanes of at least 4 members (excludes halogenated alkanes) is 9. The van der Waals surface area contributed by atoms with E-state index in [1.807, 2.05) is 12.2 Å². The first kappa shape index (κ1) is 20.8. The number of azide groups is 1. The predicted molar refractivity (Wildman–Crippen MR) is 100 cm³/mol. The molecule has 0 heterocycles. The van der Waals surface area contributed by atoms with Gasteiger partial charge in [0.05, 0.1) is 0 Å². The molecule has 6 heteroatoms. The van der Waals surface area contributed by atoms with E-state index in [-0.39, 0.29) is 0 Å². The molecule has 0 aromatic heterocycles. The van der Waals surface area contributed by atoms with Gasteiger partial charge in [-0.15, -0.1) is 0 Å². The van der Waals surface area contributed by atoms with Crippen molar-refractivity contribution in [2.75, 3.05) is 0 Å². The Labute approximate surface area is 146 Å². The molecule has 0 aromatic rings. The second-order valence-electron chi connectivity index (χ2n) is 6.63. The Morgan fingerprint density at radius 2 is 1.58 bits per heavy atom. The molecule has 0 aliphatic heterocycles. The molecule has 0 amide bonds. The van der Waals surface area contributed by atoms with Crippen LogP contribution in [0.3, 0.4) is 0 Å². The number of sulfonamides is 1. The van der Waals surface area contributed by atoms with Gasteiger partial charge in [0.25, 0.3) is 0 Å². The van der Waals surface area contributed by atoms with E-state index in [1.165, 1.54) is 44.9 Å². The lowest BCUT2D eigenvalue weighted by Gasteiger charge is -2.28. The Bertz CT molecular complexity index is 563. The Morgan fingerprint density at radius 3 is 2.08 bits per heavy atom. The van der Waals surface area contributed by atoms with Crippen molar-refractivity contribution >= 4 is 10.0 Å². The standard InChI is InChI=1S/C18H31N3O2S/c1-2-3-4-5-6-7-8-9-10-12-15-18(16-13-11-14-17-18)24(22,23)21-20-19/h11,13-14,16H,2-10,12,15,17H2,1H3/t18-/m1/s1. The van der Waals surface area contributed by atoms with Crippen LogP contribution in [-0.4, -0.2) is 13.2 Å². The average Bonchev–Trinajstić information content (AvgIpc) is 2.57. The van der Waals surface area contributed by atoms with Gasteiger partial charge in [0.2, 0.25) is 10.0 Å². The zero-order chi connectivity index (χ0) is 17.7. The summed E-state index contributed by atoms with van der Waals surface area (Å²) in [4.78, 5) is 2.51. The van der Waals surface area contributed by atoms with E-state index >= 15 is 0 Å². The van der Waals surface area contributed by atoms with Crippen molar-refractivity contribution in [3.05, 3.63) is 34.7 Å². The number of hydrogen-bond donors (Lipinski definition) is 0. The fourth-order valence-corrected chi connectivity index (χ4v) is 4.41. The van der Waals surface area contributed by atoms with E-state index in [0.717, 1.165) is 19.3 Å². The molecule has 24 heavy (non-hydrogen) atoms. The summed E-state index contributed by atoms with van der Waals surface area (Å²) in [6.45, 7) is 2.23. The Hall–Kier alpha value is -1.26. The molecule has 0 bridgehead atoms. The summed E-state index contributed by atoms with van der Waals surface area (Å²) in [5.74, 6) is 0. The summed E-state index contributed by atoms with van der Waals surface area (Å²) in [6.07, 6.45) is 20.1. The van der Waals surface area contributed by atoms with Crippen molar-refractivity contribution in [1.29, 1.82) is 0 Å². The first-order valence-corrected chi connectivity index (χ1v) is 10.7. The lowest BCUT2D eigenvalue weighted by molar-refractivity contribution is 0.498. The van der Waals surface area contributed by atoms with Gasteiger partial charge >= 0.3 is 0 Å². The highest BCUT2D eigenvalue weighted by Gasteiger charge is 2.40. The van der Waals surface area contributed by atoms with Crippen molar-refractivity contribution in [3.63, 3.8) is 0 Å². The molecule has 0 radical (unpaired) electrons. The lowest BCUT2D eigenvalue weighted by atomic mass is 9.93. The van der Waals surface area contributed by atoms with E-state index in [9.17, 15) is 8.42 Å². The summed E-state index contributed by atoms with van der Waals surface area (Å²) in [5, 5.41) is 0. The maximum Gasteiger partial charge on any atom is 0.245 e. The van der Waals surface area contributed by atoms with Gasteiger partial charge in [-0.3, -0.25) is 0 Å². The van der Waals surface area contributed by atoms with Crippen LogP contribution < -0.4 is 0 Å². The SMILES string of the molecule is CCCCCCCCCCCC[C@@]1(S(=O)(=O)N=[N+]=[N-])C=CC=CC1. The van der Waals surface area contributed by atoms with E-state index < -0.39 is 14.8 Å². The second-order valence-corrected chi connectivity index (χ2v) is 8.56. The molecule has 0 aromatic carbocycles. The van der Waals surface area contributed by atoms with Gasteiger partial charge in [0.1, 0.15) is 4.75 Å². The molecule has 0 spiro atoms. The van der Waals surface area contributed by atoms with E-state index in [1.54, 1.807) is 12.2 Å². The molecule has 1 rings (SSSR count). The highest BCUT2D eigenvalue weighted by Crippen LogP contribution is 2.34. The summed E-state index contributed by atoms with van der Waals surface area (Å²) in [5.41, 5.74) is 8.53. The molecule has 1 aliphatic carbocycles. The molecule has 1 aliphatic rings. The second kappa shape index (κ2) is 11.3. The molecule has 136 valence electrons. The van der Waals surface area contributed by atoms with Crippen molar-refractivity contribution in [1.82, 2.24) is 0 Å². The largest absolute Gasteiger partial charge is 0.245 e. The third kappa shape index (κ3) is 6.70. The van der Waals surface area contributed by atoms with Gasteiger partial charge in [-0.25, -0.2) is 8.42 Å². The Morgan fingerprint density at radius 1 is 1.00 bits per heavy atom. The van der Waals surface area contributed by atoms with Gasteiger partial charge in [0.15, 0.2) is 0 Å². The summed E-state index contributed by atoms with van der Waals surface area (Å²) in [7, 11) is -3.84. The number of hydrogen-bond acceptors (Lipinski definition) is 2. The topological polar surface area (TPSA) is 82.9 Å². The van der Waals surface area contributed by atoms with Crippen molar-refractivity contribution < 1.29 is 8.42 Å². The van der Waals surface area contributed by atoms with Gasteiger partial charge in [0, 0.05) is 9.43 Å². The van der Waals surface area contributed by atoms with Crippen LogP contribution in [0.2, 0.25) is 0 Å². The minimum Gasteiger partial charge on any atom is -0.220 e. The van der Waals surface area contributed by atoms with Crippen LogP contribution in [0.5, 0.6) is 0 Å². The van der Waals surface area contributed by atoms with Crippen LogP contribution in [0.15, 0.2) is 28.8 Å². The molecule has 0 saturated heterocycles. The van der Waals surface area contributed by atoms with Crippen LogP contribution >= 0.6 is 0 Å². The maximum atomic E-state index is 12.3. The quantitative estimate of drug-likeness (QED) is 0.171. The average molecular weight is 354 g/mol. The fraction of sp³-hybridized carbons (Fsp3) is 0.778. The number of allylic oxidation sites excluding steroid dienone is 3. The monoisotopic (exact) mass is 353 g/mol. The zero-order valence-electron chi connectivity index (χ0n) is 14.9. The molecular weight excluding hydrogens is 322 g/mol. The van der Waals surface area contributed by atoms with Gasteiger partial charge in [-0.05, 0) is 18.4 Å². The Kier molecular flexibility index (Phi) is 9.80. The van der Waals surface area contributed by atoms with Gasteiger partial charge in [-0.1, -0.05) is 95.4 Å². The van der Waals surface area contributed by atoms with Crippen molar-refractivity contribution in [2.24, 2.45) is 4.52 Å². The summed E-state index contributed by atoms with van der Waals surface area (Å²) in [6, 6.07) is 0. The molecule has 1 atom stereocenters. The first-order chi connectivity index (χ1) is 11.6. The van der Waals surface area contributed by atoms with Crippen LogP contribution in [0.1, 0.15) is 84.0 Å². The molecule has 0 fully saturated rings. The van der Waals surface area contributed by atoms with Crippen molar-refractivity contribution in [3.8, 4) is 0 Å². The molecule has 5 nitrogen and oxygen atoms in total. The fourth-order valence-electron chi connectivity index (χ4n) is 3.19. The highest BCUT2D eigenvalue weighted by molar-refractivity contribution is 7.91. The molecule has 0 saturated carbocycles. The minimum atomic E-state index is -3.84.